The molecule has 0 atom stereocenters. The van der Waals surface area contributed by atoms with Crippen LogP contribution < -0.4 is 11.3 Å². The Morgan fingerprint density at radius 2 is 2.00 bits per heavy atom. The van der Waals surface area contributed by atoms with Crippen LogP contribution in [-0.2, 0) is 11.8 Å². The molecule has 0 unspecified atom stereocenters. The molecule has 1 amide bonds. The van der Waals surface area contributed by atoms with E-state index < -0.39 is 5.91 Å². The van der Waals surface area contributed by atoms with E-state index in [1.807, 2.05) is 30.3 Å². The zero-order valence-electron chi connectivity index (χ0n) is 13.1. The molecule has 0 fully saturated rings. The topological polar surface area (TPSA) is 114 Å². The van der Waals surface area contributed by atoms with E-state index in [2.05, 4.69) is 15.5 Å². The number of carbonyl (C=O) groups is 1. The van der Waals surface area contributed by atoms with Crippen molar-refractivity contribution in [3.8, 4) is 11.4 Å². The van der Waals surface area contributed by atoms with E-state index in [-0.39, 0.29) is 11.3 Å². The molecule has 0 radical (unpaired) electrons. The molecule has 10 heteroatoms. The summed E-state index contributed by atoms with van der Waals surface area (Å²) in [6, 6.07) is 9.27. The normalized spacial score (nSPS) is 10.9. The van der Waals surface area contributed by atoms with Crippen molar-refractivity contribution < 1.29 is 4.79 Å². The van der Waals surface area contributed by atoms with E-state index >= 15 is 0 Å². The maximum absolute atomic E-state index is 12.9. The summed E-state index contributed by atoms with van der Waals surface area (Å²) < 4.78 is 4.61. The molecule has 3 rings (SSSR count). The van der Waals surface area contributed by atoms with Crippen LogP contribution in [0, 0.1) is 6.92 Å². The number of rotatable bonds is 5. The molecule has 3 aromatic rings. The fourth-order valence-electron chi connectivity index (χ4n) is 2.34. The van der Waals surface area contributed by atoms with Gasteiger partial charge in [-0.15, -0.1) is 5.10 Å². The summed E-state index contributed by atoms with van der Waals surface area (Å²) in [5.74, 6) is -0.458. The minimum absolute atomic E-state index is 0.0269. The first-order chi connectivity index (χ1) is 11.5. The smallest absolute Gasteiger partial charge is 0.297 e. The fraction of sp³-hybridized carbons (Fsp3) is 0.214. The zero-order valence-corrected chi connectivity index (χ0v) is 13.9. The Hall–Kier alpha value is -2.88. The molecule has 1 aromatic carbocycles. The quantitative estimate of drug-likeness (QED) is 0.653. The summed E-state index contributed by atoms with van der Waals surface area (Å²) in [6.45, 7) is 1.81. The van der Waals surface area contributed by atoms with Gasteiger partial charge in [0.2, 0.25) is 11.1 Å². The van der Waals surface area contributed by atoms with Crippen molar-refractivity contribution in [2.45, 2.75) is 12.1 Å². The highest BCUT2D eigenvalue weighted by Gasteiger charge is 2.22. The molecular formula is C14H15N7O2S. The Morgan fingerprint density at radius 1 is 1.29 bits per heavy atom. The van der Waals surface area contributed by atoms with Crippen LogP contribution >= 0.6 is 11.8 Å². The molecule has 2 aromatic heterocycles. The molecular weight excluding hydrogens is 330 g/mol. The number of nitrogens with zero attached hydrogens (tertiary/aromatic N) is 6. The molecule has 9 nitrogen and oxygen atoms in total. The molecule has 24 heavy (non-hydrogen) atoms. The standard InChI is InChI=1S/C14H15N7O2S/c1-9-12(20-14(16-17-18-20)24-8-11(15)22)13(23)21(19(9)2)10-6-4-3-5-7-10/h3-7H,8H2,1-2H3,(H2,15,22). The molecule has 124 valence electrons. The lowest BCUT2D eigenvalue weighted by Gasteiger charge is -2.07. The number of amides is 1. The van der Waals surface area contributed by atoms with Gasteiger partial charge in [0, 0.05) is 7.05 Å². The highest BCUT2D eigenvalue weighted by Crippen LogP contribution is 2.19. The van der Waals surface area contributed by atoms with Crippen LogP contribution in [0.3, 0.4) is 0 Å². The number of thioether (sulfide) groups is 1. The van der Waals surface area contributed by atoms with Crippen LogP contribution in [-0.4, -0.2) is 41.2 Å². The average Bonchev–Trinajstić information content (AvgIpc) is 3.10. The molecule has 0 aliphatic heterocycles. The number of carbonyl (C=O) groups excluding carboxylic acids is 1. The first-order valence-corrected chi connectivity index (χ1v) is 8.03. The Balaban J connectivity index is 2.13. The lowest BCUT2D eigenvalue weighted by Crippen LogP contribution is -2.22. The van der Waals surface area contributed by atoms with Gasteiger partial charge in [-0.25, -0.2) is 4.68 Å². The molecule has 0 aliphatic carbocycles. The van der Waals surface area contributed by atoms with Gasteiger partial charge in [-0.1, -0.05) is 30.0 Å². The van der Waals surface area contributed by atoms with Gasteiger partial charge >= 0.3 is 0 Å². The second-order valence-corrected chi connectivity index (χ2v) is 5.98. The van der Waals surface area contributed by atoms with Crippen LogP contribution in [0.15, 0.2) is 40.3 Å². The second kappa shape index (κ2) is 6.32. The largest absolute Gasteiger partial charge is 0.369 e. The predicted molar refractivity (Wildman–Crippen MR) is 88.4 cm³/mol. The number of aromatic nitrogens is 6. The van der Waals surface area contributed by atoms with Crippen molar-refractivity contribution in [3.05, 3.63) is 46.4 Å². The highest BCUT2D eigenvalue weighted by molar-refractivity contribution is 7.99. The van der Waals surface area contributed by atoms with Crippen molar-refractivity contribution >= 4 is 17.7 Å². The van der Waals surface area contributed by atoms with Gasteiger partial charge in [-0.2, -0.15) is 4.68 Å². The Bertz CT molecular complexity index is 942. The van der Waals surface area contributed by atoms with Crippen molar-refractivity contribution in [2.75, 3.05) is 5.75 Å². The van der Waals surface area contributed by atoms with Gasteiger partial charge in [0.05, 0.1) is 17.1 Å². The van der Waals surface area contributed by atoms with Crippen molar-refractivity contribution in [2.24, 2.45) is 12.8 Å². The van der Waals surface area contributed by atoms with E-state index in [1.165, 1.54) is 9.36 Å². The van der Waals surface area contributed by atoms with Crippen LogP contribution in [0.5, 0.6) is 0 Å². The number of nitrogens with two attached hydrogens (primary N) is 1. The van der Waals surface area contributed by atoms with E-state index in [1.54, 1.807) is 18.7 Å². The van der Waals surface area contributed by atoms with Gasteiger partial charge < -0.3 is 5.73 Å². The fourth-order valence-corrected chi connectivity index (χ4v) is 2.96. The van der Waals surface area contributed by atoms with E-state index in [9.17, 15) is 9.59 Å². The summed E-state index contributed by atoms with van der Waals surface area (Å²) in [5, 5.41) is 11.7. The third-order valence-electron chi connectivity index (χ3n) is 3.52. The van der Waals surface area contributed by atoms with Crippen LogP contribution in [0.25, 0.3) is 11.4 Å². The molecule has 0 bridgehead atoms. The number of hydrogen-bond acceptors (Lipinski definition) is 6. The minimum Gasteiger partial charge on any atom is -0.369 e. The zero-order chi connectivity index (χ0) is 17.3. The maximum Gasteiger partial charge on any atom is 0.297 e. The maximum atomic E-state index is 12.9. The summed E-state index contributed by atoms with van der Waals surface area (Å²) in [6.07, 6.45) is 0. The number of para-hydroxylation sites is 1. The minimum atomic E-state index is -0.485. The molecule has 0 spiro atoms. The van der Waals surface area contributed by atoms with Crippen molar-refractivity contribution in [3.63, 3.8) is 0 Å². The molecule has 2 heterocycles. The van der Waals surface area contributed by atoms with Gasteiger partial charge in [0.15, 0.2) is 5.69 Å². The Morgan fingerprint density at radius 3 is 2.67 bits per heavy atom. The molecule has 0 saturated carbocycles. The third kappa shape index (κ3) is 2.71. The monoisotopic (exact) mass is 345 g/mol. The molecule has 0 aliphatic rings. The van der Waals surface area contributed by atoms with Gasteiger partial charge in [0.25, 0.3) is 5.56 Å². The summed E-state index contributed by atoms with van der Waals surface area (Å²) in [4.78, 5) is 23.9. The van der Waals surface area contributed by atoms with E-state index in [4.69, 9.17) is 5.73 Å². The number of hydrogen-bond donors (Lipinski definition) is 1. The van der Waals surface area contributed by atoms with Gasteiger partial charge in [-0.05, 0) is 29.5 Å². The summed E-state index contributed by atoms with van der Waals surface area (Å²) in [7, 11) is 1.79. The molecule has 2 N–H and O–H groups in total. The van der Waals surface area contributed by atoms with Crippen molar-refractivity contribution in [1.29, 1.82) is 0 Å². The van der Waals surface area contributed by atoms with Crippen LogP contribution in [0.4, 0.5) is 0 Å². The molecule has 0 saturated heterocycles. The summed E-state index contributed by atoms with van der Waals surface area (Å²) >= 11 is 1.08. The van der Waals surface area contributed by atoms with Gasteiger partial charge in [0.1, 0.15) is 0 Å². The van der Waals surface area contributed by atoms with E-state index in [0.717, 1.165) is 17.4 Å². The number of benzene rings is 1. The summed E-state index contributed by atoms with van der Waals surface area (Å²) in [5.41, 5.74) is 6.66. The average molecular weight is 345 g/mol. The lowest BCUT2D eigenvalue weighted by molar-refractivity contribution is -0.115. The SMILES string of the molecule is Cc1c(-n2nnnc2SCC(N)=O)c(=O)n(-c2ccccc2)n1C. The first-order valence-electron chi connectivity index (χ1n) is 7.04. The van der Waals surface area contributed by atoms with Crippen molar-refractivity contribution in [1.82, 2.24) is 29.6 Å². The van der Waals surface area contributed by atoms with Crippen LogP contribution in [0.2, 0.25) is 0 Å². The third-order valence-corrected chi connectivity index (χ3v) is 4.46. The van der Waals surface area contributed by atoms with Gasteiger partial charge in [-0.3, -0.25) is 14.3 Å². The number of primary amides is 1. The number of tetrazole rings is 1. The Kier molecular flexibility index (Phi) is 4.21. The lowest BCUT2D eigenvalue weighted by atomic mass is 10.3. The van der Waals surface area contributed by atoms with Crippen LogP contribution in [0.1, 0.15) is 5.69 Å². The van der Waals surface area contributed by atoms with E-state index in [0.29, 0.717) is 16.5 Å². The second-order valence-electron chi connectivity index (χ2n) is 5.04. The Labute approximate surface area is 141 Å². The highest BCUT2D eigenvalue weighted by atomic mass is 32.2. The first kappa shape index (κ1) is 16.0. The predicted octanol–water partition coefficient (Wildman–Crippen LogP) is 0.0375.